The van der Waals surface area contributed by atoms with Crippen LogP contribution in [0.5, 0.6) is 0 Å². The molecule has 0 bridgehead atoms. The molecule has 0 saturated carbocycles. The fourth-order valence-electron chi connectivity index (χ4n) is 2.08. The van der Waals surface area contributed by atoms with Gasteiger partial charge in [0, 0.05) is 31.6 Å². The fourth-order valence-corrected chi connectivity index (χ4v) is 2.20. The van der Waals surface area contributed by atoms with Crippen molar-refractivity contribution in [2.45, 2.75) is 45.8 Å². The van der Waals surface area contributed by atoms with Gasteiger partial charge in [-0.2, -0.15) is 0 Å². The molecule has 0 spiro atoms. The van der Waals surface area contributed by atoms with Crippen LogP contribution in [0.1, 0.15) is 34.1 Å². The largest absolute Gasteiger partial charge is 0.444 e. The minimum absolute atomic E-state index is 0.202. The van der Waals surface area contributed by atoms with Gasteiger partial charge < -0.3 is 9.64 Å². The minimum atomic E-state index is -0.421. The summed E-state index contributed by atoms with van der Waals surface area (Å²) in [5, 5.41) is 0. The van der Waals surface area contributed by atoms with Crippen LogP contribution in [0.4, 0.5) is 4.79 Å². The van der Waals surface area contributed by atoms with Crippen LogP contribution in [-0.4, -0.2) is 59.6 Å². The number of halogens is 1. The van der Waals surface area contributed by atoms with E-state index in [4.69, 9.17) is 16.3 Å². The van der Waals surface area contributed by atoms with Crippen molar-refractivity contribution >= 4 is 17.7 Å². The summed E-state index contributed by atoms with van der Waals surface area (Å²) in [7, 11) is 0. The van der Waals surface area contributed by atoms with Crippen molar-refractivity contribution in [3.63, 3.8) is 0 Å². The number of carbonyl (C=O) groups excluding carboxylic acids is 1. The smallest absolute Gasteiger partial charge is 0.410 e. The van der Waals surface area contributed by atoms with E-state index in [9.17, 15) is 4.79 Å². The van der Waals surface area contributed by atoms with Gasteiger partial charge in [0.25, 0.3) is 0 Å². The maximum Gasteiger partial charge on any atom is 0.410 e. The van der Waals surface area contributed by atoms with Gasteiger partial charge in [-0.05, 0) is 40.7 Å². The van der Waals surface area contributed by atoms with Gasteiger partial charge in [0.05, 0.1) is 0 Å². The predicted octanol–water partition coefficient (Wildman–Crippen LogP) is 2.56. The molecule has 1 amide bonds. The van der Waals surface area contributed by atoms with E-state index in [0.29, 0.717) is 11.9 Å². The number of alkyl halides is 1. The highest BCUT2D eigenvalue weighted by Crippen LogP contribution is 2.15. The number of hydrogen-bond donors (Lipinski definition) is 0. The molecule has 0 N–H and O–H groups in total. The number of ether oxygens (including phenoxy) is 1. The lowest BCUT2D eigenvalue weighted by molar-refractivity contribution is 0.00588. The summed E-state index contributed by atoms with van der Waals surface area (Å²) in [6.07, 6.45) is 0.796. The summed E-state index contributed by atoms with van der Waals surface area (Å²) in [4.78, 5) is 16.1. The Morgan fingerprint density at radius 1 is 1.39 bits per heavy atom. The standard InChI is InChI=1S/C13H25ClN2O2/c1-11-10-16(12(17)18-13(2,3)4)9-8-15(11)7-5-6-14/h11H,5-10H2,1-4H3/t11-/m1/s1. The number of amides is 1. The fraction of sp³-hybridized carbons (Fsp3) is 0.923. The molecular weight excluding hydrogens is 252 g/mol. The monoisotopic (exact) mass is 276 g/mol. The first-order valence-electron chi connectivity index (χ1n) is 6.61. The van der Waals surface area contributed by atoms with Crippen LogP contribution in [0.2, 0.25) is 0 Å². The molecule has 0 aromatic rings. The number of nitrogens with zero attached hydrogens (tertiary/aromatic N) is 2. The van der Waals surface area contributed by atoms with Crippen LogP contribution in [0.25, 0.3) is 0 Å². The average molecular weight is 277 g/mol. The second-order valence-corrected chi connectivity index (χ2v) is 6.23. The molecule has 5 heteroatoms. The van der Waals surface area contributed by atoms with Crippen molar-refractivity contribution in [2.24, 2.45) is 0 Å². The molecule has 0 aromatic carbocycles. The third-order valence-electron chi connectivity index (χ3n) is 3.00. The summed E-state index contributed by atoms with van der Waals surface area (Å²) in [6.45, 7) is 11.2. The second-order valence-electron chi connectivity index (χ2n) is 5.85. The molecular formula is C13H25ClN2O2. The molecule has 1 atom stereocenters. The topological polar surface area (TPSA) is 32.8 Å². The first kappa shape index (κ1) is 15.6. The molecule has 4 nitrogen and oxygen atoms in total. The van der Waals surface area contributed by atoms with Crippen LogP contribution >= 0.6 is 11.6 Å². The van der Waals surface area contributed by atoms with Crippen LogP contribution in [0.3, 0.4) is 0 Å². The quantitative estimate of drug-likeness (QED) is 0.743. The van der Waals surface area contributed by atoms with E-state index >= 15 is 0 Å². The third kappa shape index (κ3) is 5.02. The van der Waals surface area contributed by atoms with Crippen LogP contribution in [-0.2, 0) is 4.74 Å². The molecule has 1 saturated heterocycles. The summed E-state index contributed by atoms with van der Waals surface area (Å²) in [5.41, 5.74) is -0.421. The third-order valence-corrected chi connectivity index (χ3v) is 3.26. The first-order chi connectivity index (χ1) is 8.33. The van der Waals surface area contributed by atoms with Crippen LogP contribution in [0, 0.1) is 0 Å². The van der Waals surface area contributed by atoms with Crippen LogP contribution in [0.15, 0.2) is 0 Å². The van der Waals surface area contributed by atoms with Gasteiger partial charge in [0.1, 0.15) is 5.60 Å². The summed E-state index contributed by atoms with van der Waals surface area (Å²) >= 11 is 5.71. The highest BCUT2D eigenvalue weighted by atomic mass is 35.5. The van der Waals surface area contributed by atoms with Crippen molar-refractivity contribution in [3.8, 4) is 0 Å². The van der Waals surface area contributed by atoms with E-state index in [1.807, 2.05) is 20.8 Å². The lowest BCUT2D eigenvalue weighted by Gasteiger charge is -2.40. The molecule has 0 unspecified atom stereocenters. The zero-order valence-electron chi connectivity index (χ0n) is 11.9. The highest BCUT2D eigenvalue weighted by molar-refractivity contribution is 6.17. The van der Waals surface area contributed by atoms with Gasteiger partial charge in [-0.25, -0.2) is 4.79 Å². The van der Waals surface area contributed by atoms with E-state index in [1.54, 1.807) is 4.90 Å². The maximum absolute atomic E-state index is 11.9. The number of hydrogen-bond acceptors (Lipinski definition) is 3. The van der Waals surface area contributed by atoms with Gasteiger partial charge in [-0.3, -0.25) is 4.90 Å². The highest BCUT2D eigenvalue weighted by Gasteiger charge is 2.29. The number of piperazine rings is 1. The van der Waals surface area contributed by atoms with Gasteiger partial charge in [0.15, 0.2) is 0 Å². The Morgan fingerprint density at radius 2 is 2.06 bits per heavy atom. The predicted molar refractivity (Wildman–Crippen MR) is 74.2 cm³/mol. The van der Waals surface area contributed by atoms with Gasteiger partial charge in [-0.15, -0.1) is 11.6 Å². The minimum Gasteiger partial charge on any atom is -0.444 e. The van der Waals surface area contributed by atoms with Gasteiger partial charge >= 0.3 is 6.09 Å². The molecule has 1 fully saturated rings. The summed E-state index contributed by atoms with van der Waals surface area (Å²) < 4.78 is 5.39. The number of carbonyl (C=O) groups is 1. The zero-order valence-corrected chi connectivity index (χ0v) is 12.7. The summed E-state index contributed by atoms with van der Waals surface area (Å²) in [5.74, 6) is 0.693. The molecule has 1 aliphatic rings. The Hall–Kier alpha value is -0.480. The second kappa shape index (κ2) is 6.62. The van der Waals surface area contributed by atoms with Crippen molar-refractivity contribution in [1.29, 1.82) is 0 Å². The molecule has 1 heterocycles. The Bertz CT molecular complexity index is 279. The maximum atomic E-state index is 11.9. The van der Waals surface area contributed by atoms with Gasteiger partial charge in [-0.1, -0.05) is 0 Å². The average Bonchev–Trinajstić information content (AvgIpc) is 2.25. The zero-order chi connectivity index (χ0) is 13.8. The van der Waals surface area contributed by atoms with E-state index in [-0.39, 0.29) is 6.09 Å². The Labute approximate surface area is 115 Å². The molecule has 106 valence electrons. The van der Waals surface area contributed by atoms with Crippen molar-refractivity contribution in [1.82, 2.24) is 9.80 Å². The molecule has 0 aliphatic carbocycles. The Morgan fingerprint density at radius 3 is 2.56 bits per heavy atom. The van der Waals surface area contributed by atoms with Gasteiger partial charge in [0.2, 0.25) is 0 Å². The number of rotatable bonds is 3. The van der Waals surface area contributed by atoms with Crippen molar-refractivity contribution in [3.05, 3.63) is 0 Å². The van der Waals surface area contributed by atoms with E-state index < -0.39 is 5.60 Å². The Kier molecular flexibility index (Phi) is 5.73. The molecule has 18 heavy (non-hydrogen) atoms. The van der Waals surface area contributed by atoms with Crippen molar-refractivity contribution < 1.29 is 9.53 Å². The molecule has 1 rings (SSSR count). The molecule has 1 aliphatic heterocycles. The first-order valence-corrected chi connectivity index (χ1v) is 7.15. The normalized spacial score (nSPS) is 22.1. The molecule has 0 aromatic heterocycles. The lowest BCUT2D eigenvalue weighted by Crippen LogP contribution is -2.54. The van der Waals surface area contributed by atoms with Crippen molar-refractivity contribution in [2.75, 3.05) is 32.1 Å². The van der Waals surface area contributed by atoms with Crippen LogP contribution < -0.4 is 0 Å². The molecule has 0 radical (unpaired) electrons. The Balaban J connectivity index is 2.43. The summed E-state index contributed by atoms with van der Waals surface area (Å²) in [6, 6.07) is 0.370. The van der Waals surface area contributed by atoms with E-state index in [1.165, 1.54) is 0 Å². The SMILES string of the molecule is C[C@@H]1CN(C(=O)OC(C)(C)C)CCN1CCCCl. The van der Waals surface area contributed by atoms with E-state index in [2.05, 4.69) is 11.8 Å². The van der Waals surface area contributed by atoms with E-state index in [0.717, 1.165) is 32.6 Å². The lowest BCUT2D eigenvalue weighted by atomic mass is 10.2.